The molecule has 1 N–H and O–H groups in total. The number of ketones is 1. The third-order valence-electron chi connectivity index (χ3n) is 4.77. The zero-order valence-corrected chi connectivity index (χ0v) is 11.7. The molecule has 1 heterocycles. The summed E-state index contributed by atoms with van der Waals surface area (Å²) >= 11 is 0. The van der Waals surface area contributed by atoms with Crippen LogP contribution in [0.3, 0.4) is 0 Å². The van der Waals surface area contributed by atoms with Gasteiger partial charge in [-0.2, -0.15) is 0 Å². The molecule has 2 bridgehead atoms. The Labute approximate surface area is 113 Å². The molecular formula is C14H21NO4. The molecule has 0 aromatic carbocycles. The van der Waals surface area contributed by atoms with Crippen LogP contribution in [0.1, 0.15) is 46.5 Å². The summed E-state index contributed by atoms with van der Waals surface area (Å²) in [6.07, 6.45) is 2.95. The second-order valence-corrected chi connectivity index (χ2v) is 6.29. The van der Waals surface area contributed by atoms with Gasteiger partial charge in [0.25, 0.3) is 5.91 Å². The standard InChI is InChI=1S/C14H21NO4/c1-4-14(2,3)11(16)12(17)15-9-6-5-8(7-9)10(15)13(18)19/h8-10H,4-7H2,1-3H3,(H,18,19)/t8-,9+,10+/m1/s1. The van der Waals surface area contributed by atoms with E-state index in [1.165, 1.54) is 4.90 Å². The Morgan fingerprint density at radius 1 is 1.26 bits per heavy atom. The van der Waals surface area contributed by atoms with Gasteiger partial charge in [-0.15, -0.1) is 0 Å². The fourth-order valence-corrected chi connectivity index (χ4v) is 3.17. The maximum Gasteiger partial charge on any atom is 0.326 e. The third-order valence-corrected chi connectivity index (χ3v) is 4.77. The number of carboxylic acids is 1. The summed E-state index contributed by atoms with van der Waals surface area (Å²) in [4.78, 5) is 37.3. The lowest BCUT2D eigenvalue weighted by Crippen LogP contribution is -2.53. The topological polar surface area (TPSA) is 74.7 Å². The van der Waals surface area contributed by atoms with Crippen LogP contribution in [0.25, 0.3) is 0 Å². The molecule has 1 aliphatic carbocycles. The van der Waals surface area contributed by atoms with Gasteiger partial charge in [-0.05, 0) is 31.6 Å². The van der Waals surface area contributed by atoms with Crippen LogP contribution >= 0.6 is 0 Å². The van der Waals surface area contributed by atoms with Gasteiger partial charge < -0.3 is 10.0 Å². The minimum atomic E-state index is -0.984. The molecule has 3 atom stereocenters. The molecule has 2 rings (SSSR count). The lowest BCUT2D eigenvalue weighted by Gasteiger charge is -2.34. The fourth-order valence-electron chi connectivity index (χ4n) is 3.17. The Morgan fingerprint density at radius 2 is 1.89 bits per heavy atom. The predicted molar refractivity (Wildman–Crippen MR) is 68.5 cm³/mol. The number of nitrogens with zero attached hydrogens (tertiary/aromatic N) is 1. The van der Waals surface area contributed by atoms with E-state index >= 15 is 0 Å². The number of Topliss-reactive ketones (excluding diaryl/α,β-unsaturated/α-hetero) is 1. The van der Waals surface area contributed by atoms with Crippen LogP contribution in [0.4, 0.5) is 0 Å². The highest BCUT2D eigenvalue weighted by Gasteiger charge is 2.53. The lowest BCUT2D eigenvalue weighted by molar-refractivity contribution is -0.158. The summed E-state index contributed by atoms with van der Waals surface area (Å²) < 4.78 is 0. The van der Waals surface area contributed by atoms with Crippen molar-refractivity contribution >= 4 is 17.7 Å². The van der Waals surface area contributed by atoms with Crippen molar-refractivity contribution < 1.29 is 19.5 Å². The van der Waals surface area contributed by atoms with Gasteiger partial charge in [0.1, 0.15) is 6.04 Å². The monoisotopic (exact) mass is 267 g/mol. The number of hydrogen-bond donors (Lipinski definition) is 1. The number of hydrogen-bond acceptors (Lipinski definition) is 3. The number of rotatable bonds is 4. The number of piperidine rings is 1. The molecule has 1 amide bonds. The van der Waals surface area contributed by atoms with Gasteiger partial charge in [0.2, 0.25) is 5.78 Å². The molecule has 1 saturated heterocycles. The predicted octanol–water partition coefficient (Wildman–Crippen LogP) is 1.46. The van der Waals surface area contributed by atoms with Gasteiger partial charge in [0.05, 0.1) is 0 Å². The van der Waals surface area contributed by atoms with E-state index in [-0.39, 0.29) is 12.0 Å². The Hall–Kier alpha value is -1.39. The van der Waals surface area contributed by atoms with E-state index in [1.54, 1.807) is 13.8 Å². The Kier molecular flexibility index (Phi) is 3.41. The summed E-state index contributed by atoms with van der Waals surface area (Å²) in [7, 11) is 0. The van der Waals surface area contributed by atoms with E-state index in [4.69, 9.17) is 0 Å². The van der Waals surface area contributed by atoms with Gasteiger partial charge >= 0.3 is 5.97 Å². The number of likely N-dealkylation sites (tertiary alicyclic amines) is 1. The fraction of sp³-hybridized carbons (Fsp3) is 0.786. The summed E-state index contributed by atoms with van der Waals surface area (Å²) in [6.45, 7) is 5.32. The number of carbonyl (C=O) groups is 3. The van der Waals surface area contributed by atoms with Crippen molar-refractivity contribution in [2.24, 2.45) is 11.3 Å². The van der Waals surface area contributed by atoms with Gasteiger partial charge in [0, 0.05) is 11.5 Å². The van der Waals surface area contributed by atoms with Gasteiger partial charge in [-0.1, -0.05) is 20.8 Å². The second-order valence-electron chi connectivity index (χ2n) is 6.29. The van der Waals surface area contributed by atoms with Crippen molar-refractivity contribution in [2.45, 2.75) is 58.5 Å². The van der Waals surface area contributed by atoms with Crippen molar-refractivity contribution in [1.82, 2.24) is 4.90 Å². The van der Waals surface area contributed by atoms with Crippen LogP contribution in [0.15, 0.2) is 0 Å². The first kappa shape index (κ1) is 14.0. The van der Waals surface area contributed by atoms with Crippen molar-refractivity contribution in [2.75, 3.05) is 0 Å². The van der Waals surface area contributed by atoms with E-state index in [0.29, 0.717) is 6.42 Å². The van der Waals surface area contributed by atoms with Crippen molar-refractivity contribution in [3.63, 3.8) is 0 Å². The van der Waals surface area contributed by atoms with Crippen LogP contribution in [-0.2, 0) is 14.4 Å². The normalized spacial score (nSPS) is 29.6. The molecule has 2 fully saturated rings. The van der Waals surface area contributed by atoms with E-state index in [9.17, 15) is 19.5 Å². The van der Waals surface area contributed by atoms with Crippen molar-refractivity contribution in [3.8, 4) is 0 Å². The average molecular weight is 267 g/mol. The molecule has 5 nitrogen and oxygen atoms in total. The smallest absolute Gasteiger partial charge is 0.326 e. The lowest BCUT2D eigenvalue weighted by atomic mass is 9.84. The molecule has 19 heavy (non-hydrogen) atoms. The Balaban J connectivity index is 2.23. The molecule has 0 spiro atoms. The zero-order valence-electron chi connectivity index (χ0n) is 11.7. The van der Waals surface area contributed by atoms with E-state index in [1.807, 2.05) is 6.92 Å². The molecule has 2 aliphatic rings. The minimum absolute atomic E-state index is 0.0176. The Morgan fingerprint density at radius 3 is 2.42 bits per heavy atom. The quantitative estimate of drug-likeness (QED) is 0.782. The van der Waals surface area contributed by atoms with Gasteiger partial charge in [-0.25, -0.2) is 4.79 Å². The second kappa shape index (κ2) is 4.62. The number of carboxylic acid groups (broad SMARTS) is 1. The highest BCUT2D eigenvalue weighted by atomic mass is 16.4. The highest BCUT2D eigenvalue weighted by Crippen LogP contribution is 2.43. The maximum atomic E-state index is 12.4. The molecule has 0 aromatic rings. The molecule has 0 aromatic heterocycles. The summed E-state index contributed by atoms with van der Waals surface area (Å²) in [5, 5.41) is 9.29. The number of amides is 1. The van der Waals surface area contributed by atoms with Crippen LogP contribution in [0.5, 0.6) is 0 Å². The first-order valence-electron chi connectivity index (χ1n) is 6.89. The SMILES string of the molecule is CCC(C)(C)C(=O)C(=O)N1[C@H]2CC[C@H](C2)[C@H]1C(=O)O. The van der Waals surface area contributed by atoms with Crippen LogP contribution < -0.4 is 0 Å². The molecule has 5 heteroatoms. The summed E-state index contributed by atoms with van der Waals surface area (Å²) in [5.41, 5.74) is -0.720. The molecule has 1 saturated carbocycles. The van der Waals surface area contributed by atoms with Crippen molar-refractivity contribution in [1.29, 1.82) is 0 Å². The first-order valence-corrected chi connectivity index (χ1v) is 6.89. The maximum absolute atomic E-state index is 12.4. The Bertz CT molecular complexity index is 429. The number of aliphatic carboxylic acids is 1. The molecule has 106 valence electrons. The van der Waals surface area contributed by atoms with Crippen LogP contribution in [0.2, 0.25) is 0 Å². The van der Waals surface area contributed by atoms with Gasteiger partial charge in [0.15, 0.2) is 0 Å². The highest BCUT2D eigenvalue weighted by molar-refractivity contribution is 6.38. The largest absolute Gasteiger partial charge is 0.480 e. The molecular weight excluding hydrogens is 246 g/mol. The van der Waals surface area contributed by atoms with E-state index in [0.717, 1.165) is 19.3 Å². The van der Waals surface area contributed by atoms with Crippen LogP contribution in [0, 0.1) is 11.3 Å². The zero-order chi connectivity index (χ0) is 14.4. The third kappa shape index (κ3) is 2.15. The molecule has 0 radical (unpaired) electrons. The minimum Gasteiger partial charge on any atom is -0.480 e. The van der Waals surface area contributed by atoms with Crippen LogP contribution in [-0.4, -0.2) is 39.7 Å². The average Bonchev–Trinajstić information content (AvgIpc) is 2.96. The first-order chi connectivity index (χ1) is 8.79. The van der Waals surface area contributed by atoms with Crippen molar-refractivity contribution in [3.05, 3.63) is 0 Å². The van der Waals surface area contributed by atoms with E-state index in [2.05, 4.69) is 0 Å². The molecule has 1 aliphatic heterocycles. The number of carbonyl (C=O) groups excluding carboxylic acids is 2. The molecule has 0 unspecified atom stereocenters. The summed E-state index contributed by atoms with van der Waals surface area (Å²) in [5.74, 6) is -2.04. The number of fused-ring (bicyclic) bond motifs is 2. The summed E-state index contributed by atoms with van der Waals surface area (Å²) in [6, 6.07) is -0.863. The van der Waals surface area contributed by atoms with E-state index < -0.39 is 29.1 Å². The van der Waals surface area contributed by atoms with Gasteiger partial charge in [-0.3, -0.25) is 9.59 Å².